The minimum Gasteiger partial charge on any atom is -0.487 e. The molecular weight excluding hydrogens is 225 g/mol. The molecule has 5 heteroatoms. The lowest BCUT2D eigenvalue weighted by molar-refractivity contribution is -0.152. The van der Waals surface area contributed by atoms with Crippen molar-refractivity contribution in [1.82, 2.24) is 0 Å². The number of carbonyl (C=O) groups excluding carboxylic acids is 1. The lowest BCUT2D eigenvalue weighted by Gasteiger charge is -2.22. The zero-order valence-electron chi connectivity index (χ0n) is 10.1. The number of carbonyl (C=O) groups is 1. The molecule has 0 saturated carbocycles. The average molecular weight is 241 g/mol. The van der Waals surface area contributed by atoms with Gasteiger partial charge in [0.05, 0.1) is 18.2 Å². The summed E-state index contributed by atoms with van der Waals surface area (Å²) in [5.74, 6) is -1.01. The number of benzene rings is 1. The quantitative estimate of drug-likeness (QED) is 0.646. The maximum Gasteiger partial charge on any atom is 0.314 e. The summed E-state index contributed by atoms with van der Waals surface area (Å²) in [6.45, 7) is 3.29. The lowest BCUT2D eigenvalue weighted by atomic mass is 9.95. The molecule has 0 aromatic heterocycles. The molecule has 0 aliphatic carbocycles. The molecule has 0 radical (unpaired) electrons. The van der Waals surface area contributed by atoms with Crippen LogP contribution in [0.3, 0.4) is 0 Å². The molecule has 2 N–H and O–H groups in total. The number of nitrogen functional groups attached to an aromatic ring is 1. The van der Waals surface area contributed by atoms with Crippen LogP contribution in [-0.4, -0.2) is 19.7 Å². The number of rotatable bonds is 4. The van der Waals surface area contributed by atoms with Gasteiger partial charge in [-0.3, -0.25) is 4.79 Å². The van der Waals surface area contributed by atoms with E-state index in [4.69, 9.17) is 10.5 Å². The monoisotopic (exact) mass is 241 g/mol. The Kier molecular flexibility index (Phi) is 3.93. The number of halogens is 1. The van der Waals surface area contributed by atoms with Gasteiger partial charge in [-0.05, 0) is 26.0 Å². The van der Waals surface area contributed by atoms with Crippen LogP contribution < -0.4 is 10.5 Å². The van der Waals surface area contributed by atoms with Gasteiger partial charge in [-0.1, -0.05) is 6.07 Å². The lowest BCUT2D eigenvalue weighted by Crippen LogP contribution is -2.32. The summed E-state index contributed by atoms with van der Waals surface area (Å²) in [5.41, 5.74) is 4.92. The number of hydrogen-bond acceptors (Lipinski definition) is 4. The maximum atomic E-state index is 13.4. The number of ether oxygens (including phenoxy) is 2. The van der Waals surface area contributed by atoms with E-state index in [-0.39, 0.29) is 18.0 Å². The van der Waals surface area contributed by atoms with Gasteiger partial charge in [0.2, 0.25) is 0 Å². The number of nitrogens with two attached hydrogens (primary N) is 1. The predicted molar refractivity (Wildman–Crippen MR) is 62.1 cm³/mol. The fourth-order valence-electron chi connectivity index (χ4n) is 1.27. The van der Waals surface area contributed by atoms with Gasteiger partial charge < -0.3 is 15.2 Å². The molecule has 94 valence electrons. The molecule has 1 rings (SSSR count). The second-order valence-electron chi connectivity index (χ2n) is 4.32. The van der Waals surface area contributed by atoms with Crippen molar-refractivity contribution in [2.24, 2.45) is 5.41 Å². The van der Waals surface area contributed by atoms with Crippen molar-refractivity contribution in [3.8, 4) is 5.75 Å². The van der Waals surface area contributed by atoms with Crippen molar-refractivity contribution in [3.05, 3.63) is 24.0 Å². The number of para-hydroxylation sites is 1. The van der Waals surface area contributed by atoms with E-state index in [0.29, 0.717) is 0 Å². The van der Waals surface area contributed by atoms with Gasteiger partial charge in [-0.25, -0.2) is 4.39 Å². The zero-order chi connectivity index (χ0) is 13.1. The van der Waals surface area contributed by atoms with Crippen molar-refractivity contribution in [1.29, 1.82) is 0 Å². The van der Waals surface area contributed by atoms with Crippen LogP contribution >= 0.6 is 0 Å². The van der Waals surface area contributed by atoms with E-state index in [1.165, 1.54) is 25.3 Å². The predicted octanol–water partition coefficient (Wildman–Crippen LogP) is 1.99. The summed E-state index contributed by atoms with van der Waals surface area (Å²) in [5, 5.41) is 0. The molecule has 0 bridgehead atoms. The molecule has 0 atom stereocenters. The van der Waals surface area contributed by atoms with E-state index in [2.05, 4.69) is 4.74 Å². The fraction of sp³-hybridized carbons (Fsp3) is 0.417. The average Bonchev–Trinajstić information content (AvgIpc) is 2.27. The van der Waals surface area contributed by atoms with E-state index < -0.39 is 17.2 Å². The third-order valence-electron chi connectivity index (χ3n) is 2.31. The molecule has 17 heavy (non-hydrogen) atoms. The molecule has 0 spiro atoms. The van der Waals surface area contributed by atoms with E-state index >= 15 is 0 Å². The minimum absolute atomic E-state index is 0.00912. The first kappa shape index (κ1) is 13.3. The Morgan fingerprint density at radius 3 is 2.65 bits per heavy atom. The Balaban J connectivity index is 2.77. The topological polar surface area (TPSA) is 61.5 Å². The fourth-order valence-corrected chi connectivity index (χ4v) is 1.27. The number of methoxy groups -OCH3 is 1. The van der Waals surface area contributed by atoms with Gasteiger partial charge in [0.15, 0.2) is 11.6 Å². The Bertz CT molecular complexity index is 398. The van der Waals surface area contributed by atoms with Gasteiger partial charge in [0.1, 0.15) is 6.61 Å². The van der Waals surface area contributed by atoms with Gasteiger partial charge in [-0.2, -0.15) is 0 Å². The molecular formula is C12H16FNO3. The first-order chi connectivity index (χ1) is 7.88. The van der Waals surface area contributed by atoms with Crippen LogP contribution in [-0.2, 0) is 9.53 Å². The van der Waals surface area contributed by atoms with Gasteiger partial charge >= 0.3 is 5.97 Å². The molecule has 0 heterocycles. The highest BCUT2D eigenvalue weighted by Gasteiger charge is 2.30. The third-order valence-corrected chi connectivity index (χ3v) is 2.31. The van der Waals surface area contributed by atoms with Gasteiger partial charge in [0, 0.05) is 0 Å². The number of hydrogen-bond donors (Lipinski definition) is 1. The second-order valence-corrected chi connectivity index (χ2v) is 4.32. The highest BCUT2D eigenvalue weighted by atomic mass is 19.1. The van der Waals surface area contributed by atoms with E-state index in [9.17, 15) is 9.18 Å². The molecule has 0 saturated heterocycles. The molecule has 4 nitrogen and oxygen atoms in total. The number of esters is 1. The highest BCUT2D eigenvalue weighted by Crippen LogP contribution is 2.27. The summed E-state index contributed by atoms with van der Waals surface area (Å²) in [4.78, 5) is 11.4. The first-order valence-electron chi connectivity index (χ1n) is 5.13. The number of anilines is 1. The maximum absolute atomic E-state index is 13.4. The molecule has 1 aromatic rings. The van der Waals surface area contributed by atoms with Crippen LogP contribution in [0.4, 0.5) is 10.1 Å². The Hall–Kier alpha value is -1.78. The summed E-state index contributed by atoms with van der Waals surface area (Å²) >= 11 is 0. The molecule has 0 fully saturated rings. The van der Waals surface area contributed by atoms with Crippen molar-refractivity contribution in [2.45, 2.75) is 13.8 Å². The zero-order valence-corrected chi connectivity index (χ0v) is 10.1. The minimum atomic E-state index is -0.858. The van der Waals surface area contributed by atoms with Crippen molar-refractivity contribution in [2.75, 3.05) is 19.5 Å². The molecule has 0 aliphatic heterocycles. The van der Waals surface area contributed by atoms with Crippen LogP contribution in [0.1, 0.15) is 13.8 Å². The van der Waals surface area contributed by atoms with Crippen LogP contribution in [0.15, 0.2) is 18.2 Å². The third kappa shape index (κ3) is 3.09. The Labute approximate surface area is 99.5 Å². The van der Waals surface area contributed by atoms with E-state index in [0.717, 1.165) is 0 Å². The van der Waals surface area contributed by atoms with Crippen molar-refractivity contribution in [3.63, 3.8) is 0 Å². The normalized spacial score (nSPS) is 11.1. The van der Waals surface area contributed by atoms with Gasteiger partial charge in [-0.15, -0.1) is 0 Å². The first-order valence-corrected chi connectivity index (χ1v) is 5.13. The Morgan fingerprint density at radius 2 is 2.12 bits per heavy atom. The summed E-state index contributed by atoms with van der Waals surface area (Å²) in [6.07, 6.45) is 0. The summed E-state index contributed by atoms with van der Waals surface area (Å²) in [7, 11) is 1.29. The van der Waals surface area contributed by atoms with Crippen LogP contribution in [0, 0.1) is 11.2 Å². The molecule has 0 amide bonds. The summed E-state index contributed by atoms with van der Waals surface area (Å²) < 4.78 is 23.3. The van der Waals surface area contributed by atoms with E-state index in [1.54, 1.807) is 13.8 Å². The smallest absolute Gasteiger partial charge is 0.314 e. The SMILES string of the molecule is COC(=O)C(C)(C)COc1c(N)cccc1F. The standard InChI is InChI=1S/C12H16FNO3/c1-12(2,11(15)16-3)7-17-10-8(13)5-4-6-9(10)14/h4-6H,7,14H2,1-3H3. The molecule has 1 aromatic carbocycles. The van der Waals surface area contributed by atoms with Crippen LogP contribution in [0.2, 0.25) is 0 Å². The molecule has 0 aliphatic rings. The van der Waals surface area contributed by atoms with Gasteiger partial charge in [0.25, 0.3) is 0 Å². The van der Waals surface area contributed by atoms with Crippen molar-refractivity contribution < 1.29 is 18.7 Å². The molecule has 0 unspecified atom stereocenters. The van der Waals surface area contributed by atoms with Crippen LogP contribution in [0.5, 0.6) is 5.75 Å². The summed E-state index contributed by atoms with van der Waals surface area (Å²) in [6, 6.07) is 4.27. The second kappa shape index (κ2) is 5.03. The van der Waals surface area contributed by atoms with E-state index in [1.807, 2.05) is 0 Å². The largest absolute Gasteiger partial charge is 0.487 e. The Morgan fingerprint density at radius 1 is 1.47 bits per heavy atom. The van der Waals surface area contributed by atoms with Crippen molar-refractivity contribution >= 4 is 11.7 Å². The highest BCUT2D eigenvalue weighted by molar-refractivity contribution is 5.76. The van der Waals surface area contributed by atoms with Crippen LogP contribution in [0.25, 0.3) is 0 Å².